The van der Waals surface area contributed by atoms with E-state index in [0.717, 1.165) is 19.3 Å². The van der Waals surface area contributed by atoms with Crippen LogP contribution >= 0.6 is 0 Å². The average molecular weight is 326 g/mol. The highest BCUT2D eigenvalue weighted by molar-refractivity contribution is 5.69. The molecule has 1 unspecified atom stereocenters. The summed E-state index contributed by atoms with van der Waals surface area (Å²) in [5, 5.41) is 0. The molecule has 0 aromatic heterocycles. The normalized spacial score (nSPS) is 11.1. The molecule has 0 heterocycles. The molecular weight excluding hydrogens is 284 g/mol. The minimum absolute atomic E-state index is 0.0180. The van der Waals surface area contributed by atoms with E-state index in [9.17, 15) is 4.79 Å². The average Bonchev–Trinajstić information content (AvgIpc) is 2.56. The van der Waals surface area contributed by atoms with Crippen molar-refractivity contribution in [3.8, 4) is 0 Å². The first-order valence-corrected chi connectivity index (χ1v) is 10.2. The summed E-state index contributed by atoms with van der Waals surface area (Å²) in [4.78, 5) is 11.6. The van der Waals surface area contributed by atoms with Crippen molar-refractivity contribution < 1.29 is 9.53 Å². The molecule has 0 aliphatic rings. The zero-order valence-electron chi connectivity index (χ0n) is 15.9. The second-order valence-corrected chi connectivity index (χ2v) is 6.80. The summed E-state index contributed by atoms with van der Waals surface area (Å²) >= 11 is 0. The van der Waals surface area contributed by atoms with E-state index in [-0.39, 0.29) is 12.1 Å². The van der Waals surface area contributed by atoms with Gasteiger partial charge in [-0.2, -0.15) is 0 Å². The summed E-state index contributed by atoms with van der Waals surface area (Å²) in [6.07, 6.45) is 19.5. The fourth-order valence-corrected chi connectivity index (χ4v) is 2.88. The lowest BCUT2D eigenvalue weighted by atomic mass is 10.0. The maximum Gasteiger partial charge on any atom is 0.306 e. The summed E-state index contributed by atoms with van der Waals surface area (Å²) in [5.74, 6) is -0.0384. The van der Waals surface area contributed by atoms with Crippen molar-refractivity contribution in [3.05, 3.63) is 6.92 Å². The van der Waals surface area contributed by atoms with Crippen molar-refractivity contribution in [2.45, 2.75) is 123 Å². The number of carbonyl (C=O) groups excluding carboxylic acids is 1. The lowest BCUT2D eigenvalue weighted by molar-refractivity contribution is -0.149. The summed E-state index contributed by atoms with van der Waals surface area (Å²) < 4.78 is 5.35. The molecule has 1 radical (unpaired) electrons. The fourth-order valence-electron chi connectivity index (χ4n) is 2.88. The van der Waals surface area contributed by atoms with Crippen molar-refractivity contribution >= 4 is 5.97 Å². The van der Waals surface area contributed by atoms with Gasteiger partial charge in [0, 0.05) is 6.42 Å². The zero-order valence-corrected chi connectivity index (χ0v) is 15.9. The van der Waals surface area contributed by atoms with Crippen molar-refractivity contribution in [2.75, 3.05) is 0 Å². The molecule has 0 aliphatic carbocycles. The van der Waals surface area contributed by atoms with Gasteiger partial charge in [0.1, 0.15) is 6.10 Å². The van der Waals surface area contributed by atoms with Crippen LogP contribution in [0, 0.1) is 6.92 Å². The van der Waals surface area contributed by atoms with Crippen LogP contribution in [0.3, 0.4) is 0 Å². The van der Waals surface area contributed by atoms with Gasteiger partial charge < -0.3 is 4.74 Å². The topological polar surface area (TPSA) is 26.3 Å². The zero-order chi connectivity index (χ0) is 17.2. The second-order valence-electron chi connectivity index (χ2n) is 6.80. The summed E-state index contributed by atoms with van der Waals surface area (Å²) in [5.41, 5.74) is 0. The lowest BCUT2D eigenvalue weighted by Crippen LogP contribution is -2.16. The summed E-state index contributed by atoms with van der Waals surface area (Å²) in [7, 11) is 0. The SMILES string of the molecule is [CH2]CC(CC)OC(=O)CCCCCCCCCCCCCCC. The van der Waals surface area contributed by atoms with Crippen LogP contribution in [0.2, 0.25) is 0 Å². The van der Waals surface area contributed by atoms with Crippen molar-refractivity contribution in [1.29, 1.82) is 0 Å². The minimum Gasteiger partial charge on any atom is -0.462 e. The van der Waals surface area contributed by atoms with Crippen LogP contribution in [0.25, 0.3) is 0 Å². The van der Waals surface area contributed by atoms with Gasteiger partial charge in [0.05, 0.1) is 0 Å². The van der Waals surface area contributed by atoms with Crippen LogP contribution in [0.4, 0.5) is 0 Å². The van der Waals surface area contributed by atoms with Gasteiger partial charge in [0.15, 0.2) is 0 Å². The molecule has 2 nitrogen and oxygen atoms in total. The van der Waals surface area contributed by atoms with Gasteiger partial charge in [-0.25, -0.2) is 0 Å². The van der Waals surface area contributed by atoms with Crippen molar-refractivity contribution in [1.82, 2.24) is 0 Å². The predicted octanol–water partition coefficient (Wildman–Crippen LogP) is 7.01. The molecule has 0 fully saturated rings. The molecule has 2 heteroatoms. The van der Waals surface area contributed by atoms with Crippen molar-refractivity contribution in [3.63, 3.8) is 0 Å². The second kappa shape index (κ2) is 17.8. The Kier molecular flexibility index (Phi) is 17.4. The fraction of sp³-hybridized carbons (Fsp3) is 0.905. The Labute approximate surface area is 145 Å². The number of carbonyl (C=O) groups is 1. The highest BCUT2D eigenvalue weighted by atomic mass is 16.5. The smallest absolute Gasteiger partial charge is 0.306 e. The van der Waals surface area contributed by atoms with Crippen LogP contribution in [-0.2, 0) is 9.53 Å². The molecule has 0 rings (SSSR count). The molecule has 0 saturated heterocycles. The van der Waals surface area contributed by atoms with Gasteiger partial charge in [-0.05, 0) is 26.2 Å². The quantitative estimate of drug-likeness (QED) is 0.212. The first kappa shape index (κ1) is 22.5. The number of hydrogen-bond donors (Lipinski definition) is 0. The molecule has 137 valence electrons. The third-order valence-electron chi connectivity index (χ3n) is 4.56. The Morgan fingerprint density at radius 1 is 0.783 bits per heavy atom. The first-order valence-electron chi connectivity index (χ1n) is 10.2. The highest BCUT2D eigenvalue weighted by Gasteiger charge is 2.09. The van der Waals surface area contributed by atoms with E-state index >= 15 is 0 Å². The van der Waals surface area contributed by atoms with Crippen LogP contribution < -0.4 is 0 Å². The molecule has 0 aromatic rings. The lowest BCUT2D eigenvalue weighted by Gasteiger charge is -2.13. The molecule has 0 aliphatic heterocycles. The number of rotatable bonds is 17. The van der Waals surface area contributed by atoms with E-state index in [1.807, 2.05) is 6.92 Å². The van der Waals surface area contributed by atoms with E-state index in [0.29, 0.717) is 12.8 Å². The third-order valence-corrected chi connectivity index (χ3v) is 4.56. The van der Waals surface area contributed by atoms with Crippen molar-refractivity contribution in [2.24, 2.45) is 0 Å². The molecule has 0 saturated carbocycles. The monoisotopic (exact) mass is 325 g/mol. The molecule has 0 bridgehead atoms. The van der Waals surface area contributed by atoms with E-state index < -0.39 is 0 Å². The molecule has 0 N–H and O–H groups in total. The van der Waals surface area contributed by atoms with E-state index in [2.05, 4.69) is 13.8 Å². The summed E-state index contributed by atoms with van der Waals surface area (Å²) in [6, 6.07) is 0. The van der Waals surface area contributed by atoms with E-state index in [1.54, 1.807) is 0 Å². The van der Waals surface area contributed by atoms with E-state index in [4.69, 9.17) is 4.74 Å². The Hall–Kier alpha value is -0.530. The number of ether oxygens (including phenoxy) is 1. The molecule has 0 amide bonds. The largest absolute Gasteiger partial charge is 0.462 e. The van der Waals surface area contributed by atoms with Gasteiger partial charge in [-0.3, -0.25) is 4.79 Å². The molecule has 23 heavy (non-hydrogen) atoms. The summed E-state index contributed by atoms with van der Waals surface area (Å²) in [6.45, 7) is 8.11. The minimum atomic E-state index is -0.0384. The molecule has 0 spiro atoms. The van der Waals surface area contributed by atoms with Gasteiger partial charge >= 0.3 is 5.97 Å². The van der Waals surface area contributed by atoms with Gasteiger partial charge in [0.25, 0.3) is 0 Å². The third kappa shape index (κ3) is 16.1. The van der Waals surface area contributed by atoms with Crippen LogP contribution in [0.5, 0.6) is 0 Å². The molecule has 1 atom stereocenters. The maximum atomic E-state index is 11.6. The Morgan fingerprint density at radius 2 is 1.22 bits per heavy atom. The predicted molar refractivity (Wildman–Crippen MR) is 100 cm³/mol. The Balaban J connectivity index is 3.20. The molecule has 0 aromatic carbocycles. The number of hydrogen-bond acceptors (Lipinski definition) is 2. The first-order chi connectivity index (χ1) is 11.2. The van der Waals surface area contributed by atoms with Crippen LogP contribution in [0.15, 0.2) is 0 Å². The van der Waals surface area contributed by atoms with E-state index in [1.165, 1.54) is 70.6 Å². The van der Waals surface area contributed by atoms with Crippen LogP contribution in [-0.4, -0.2) is 12.1 Å². The number of esters is 1. The standard InChI is InChI=1S/C21H41O2/c1-4-7-8-9-10-11-12-13-14-15-16-17-18-19-21(22)23-20(5-2)6-3/h20H,2,4-19H2,1,3H3. The molecular formula is C21H41O2. The van der Waals surface area contributed by atoms with Gasteiger partial charge in [0.2, 0.25) is 0 Å². The maximum absolute atomic E-state index is 11.6. The van der Waals surface area contributed by atoms with Gasteiger partial charge in [-0.15, -0.1) is 0 Å². The van der Waals surface area contributed by atoms with Gasteiger partial charge in [-0.1, -0.05) is 90.9 Å². The Morgan fingerprint density at radius 3 is 1.61 bits per heavy atom. The van der Waals surface area contributed by atoms with Crippen LogP contribution in [0.1, 0.15) is 117 Å². The number of unbranched alkanes of at least 4 members (excludes halogenated alkanes) is 12. The Bertz CT molecular complexity index is 246. The highest BCUT2D eigenvalue weighted by Crippen LogP contribution is 2.13.